The molecule has 0 atom stereocenters. The minimum atomic E-state index is -4.39. The van der Waals surface area contributed by atoms with Crippen LogP contribution in [0.1, 0.15) is 17.5 Å². The highest BCUT2D eigenvalue weighted by atomic mass is 79.9. The van der Waals surface area contributed by atoms with Crippen molar-refractivity contribution in [3.05, 3.63) is 39.9 Å². The van der Waals surface area contributed by atoms with Gasteiger partial charge in [-0.3, -0.25) is 0 Å². The molecule has 0 bridgehead atoms. The summed E-state index contributed by atoms with van der Waals surface area (Å²) >= 11 is 2.99. The highest BCUT2D eigenvalue weighted by Gasteiger charge is 2.32. The lowest BCUT2D eigenvalue weighted by molar-refractivity contribution is -0.137. The number of nitrogens with zero attached hydrogens (tertiary/aromatic N) is 1. The van der Waals surface area contributed by atoms with Crippen LogP contribution in [0.5, 0.6) is 0 Å². The Hall–Kier alpha value is -1.28. The van der Waals surface area contributed by atoms with Gasteiger partial charge in [-0.1, -0.05) is 34.1 Å². The van der Waals surface area contributed by atoms with E-state index in [4.69, 9.17) is 5.26 Å². The van der Waals surface area contributed by atoms with E-state index in [0.717, 1.165) is 6.07 Å². The van der Waals surface area contributed by atoms with Gasteiger partial charge in [-0.15, -0.1) is 0 Å². The molecule has 0 saturated heterocycles. The van der Waals surface area contributed by atoms with Crippen molar-refractivity contribution in [3.63, 3.8) is 0 Å². The molecule has 0 amide bonds. The summed E-state index contributed by atoms with van der Waals surface area (Å²) in [4.78, 5) is 0. The van der Waals surface area contributed by atoms with Crippen molar-refractivity contribution in [1.82, 2.24) is 0 Å². The predicted molar refractivity (Wildman–Crippen MR) is 58.4 cm³/mol. The van der Waals surface area contributed by atoms with E-state index < -0.39 is 11.7 Å². The van der Waals surface area contributed by atoms with Gasteiger partial charge in [0.25, 0.3) is 0 Å². The van der Waals surface area contributed by atoms with Gasteiger partial charge in [-0.05, 0) is 17.7 Å². The summed E-state index contributed by atoms with van der Waals surface area (Å²) in [5, 5.41) is 8.29. The van der Waals surface area contributed by atoms with E-state index in [1.54, 1.807) is 0 Å². The zero-order chi connectivity index (χ0) is 12.2. The van der Waals surface area contributed by atoms with Crippen molar-refractivity contribution in [2.75, 3.05) is 0 Å². The van der Waals surface area contributed by atoms with Gasteiger partial charge in [0.2, 0.25) is 0 Å². The maximum atomic E-state index is 12.6. The summed E-state index contributed by atoms with van der Waals surface area (Å²) in [6.45, 7) is 0. The van der Waals surface area contributed by atoms with E-state index in [-0.39, 0.29) is 12.0 Å². The first-order chi connectivity index (χ1) is 7.45. The van der Waals surface area contributed by atoms with Crippen LogP contribution in [0.3, 0.4) is 0 Å². The Labute approximate surface area is 99.3 Å². The first kappa shape index (κ1) is 12.8. The Balaban J connectivity index is 3.14. The van der Waals surface area contributed by atoms with E-state index in [2.05, 4.69) is 15.9 Å². The number of benzene rings is 1. The zero-order valence-electron chi connectivity index (χ0n) is 8.05. The van der Waals surface area contributed by atoms with Crippen LogP contribution in [0.15, 0.2) is 28.7 Å². The Morgan fingerprint density at radius 2 is 2.06 bits per heavy atom. The average Bonchev–Trinajstić information content (AvgIpc) is 2.19. The number of alkyl halides is 3. The van der Waals surface area contributed by atoms with Crippen LogP contribution in [-0.2, 0) is 6.18 Å². The van der Waals surface area contributed by atoms with Gasteiger partial charge in [0.05, 0.1) is 18.1 Å². The van der Waals surface area contributed by atoms with Crippen molar-refractivity contribution < 1.29 is 13.2 Å². The van der Waals surface area contributed by atoms with Gasteiger partial charge in [0.1, 0.15) is 0 Å². The molecule has 0 heterocycles. The lowest BCUT2D eigenvalue weighted by atomic mass is 10.1. The second-order valence-corrected chi connectivity index (χ2v) is 3.91. The molecule has 0 saturated carbocycles. The molecule has 84 valence electrons. The summed E-state index contributed by atoms with van der Waals surface area (Å²) in [7, 11) is 0. The number of hydrogen-bond acceptors (Lipinski definition) is 1. The highest BCUT2D eigenvalue weighted by molar-refractivity contribution is 9.10. The van der Waals surface area contributed by atoms with E-state index in [1.807, 2.05) is 6.07 Å². The molecule has 0 aromatic heterocycles. The summed E-state index contributed by atoms with van der Waals surface area (Å²) < 4.78 is 38.2. The largest absolute Gasteiger partial charge is 0.417 e. The average molecular weight is 290 g/mol. The van der Waals surface area contributed by atoms with Crippen LogP contribution in [0, 0.1) is 11.3 Å². The van der Waals surface area contributed by atoms with Gasteiger partial charge < -0.3 is 0 Å². The molecule has 0 unspecified atom stereocenters. The fraction of sp³-hybridized carbons (Fsp3) is 0.182. The third kappa shape index (κ3) is 3.38. The predicted octanol–water partition coefficient (Wildman–Crippen LogP) is 4.39. The summed E-state index contributed by atoms with van der Waals surface area (Å²) in [5.74, 6) is 0. The maximum Gasteiger partial charge on any atom is 0.417 e. The van der Waals surface area contributed by atoms with Crippen LogP contribution < -0.4 is 0 Å². The number of rotatable bonds is 2. The first-order valence-electron chi connectivity index (χ1n) is 4.35. The van der Waals surface area contributed by atoms with Gasteiger partial charge in [0.15, 0.2) is 0 Å². The molecule has 0 aliphatic heterocycles. The zero-order valence-corrected chi connectivity index (χ0v) is 9.64. The number of allylic oxidation sites excluding steroid dienone is 1. The maximum absolute atomic E-state index is 12.6. The third-order valence-electron chi connectivity index (χ3n) is 1.83. The standard InChI is InChI=1S/C11H7BrF3N/c12-9-5-4-8(3-1-2-6-16)10(7-9)11(13,14)15/h1,3-5,7H,2H2. The third-order valence-corrected chi connectivity index (χ3v) is 2.32. The molecule has 1 aromatic carbocycles. The summed E-state index contributed by atoms with van der Waals surface area (Å²) in [6.07, 6.45) is -1.60. The van der Waals surface area contributed by atoms with Crippen molar-refractivity contribution in [2.45, 2.75) is 12.6 Å². The fourth-order valence-electron chi connectivity index (χ4n) is 1.16. The quantitative estimate of drug-likeness (QED) is 0.792. The van der Waals surface area contributed by atoms with E-state index in [1.165, 1.54) is 24.3 Å². The number of halogens is 4. The fourth-order valence-corrected chi connectivity index (χ4v) is 1.52. The molecule has 0 radical (unpaired) electrons. The molecule has 16 heavy (non-hydrogen) atoms. The van der Waals surface area contributed by atoms with Crippen LogP contribution in [-0.4, -0.2) is 0 Å². The summed E-state index contributed by atoms with van der Waals surface area (Å²) in [5.41, 5.74) is -0.651. The van der Waals surface area contributed by atoms with Crippen LogP contribution in [0.2, 0.25) is 0 Å². The second kappa shape index (κ2) is 5.17. The Bertz CT molecular complexity index is 444. The van der Waals surface area contributed by atoms with E-state index >= 15 is 0 Å². The van der Waals surface area contributed by atoms with Gasteiger partial charge >= 0.3 is 6.18 Å². The topological polar surface area (TPSA) is 23.8 Å². The van der Waals surface area contributed by atoms with Crippen molar-refractivity contribution in [1.29, 1.82) is 5.26 Å². The smallest absolute Gasteiger partial charge is 0.198 e. The normalized spacial score (nSPS) is 11.7. The molecular weight excluding hydrogens is 283 g/mol. The van der Waals surface area contributed by atoms with Crippen LogP contribution in [0.25, 0.3) is 6.08 Å². The SMILES string of the molecule is N#CCC=Cc1ccc(Br)cc1C(F)(F)F. The second-order valence-electron chi connectivity index (χ2n) is 2.99. The first-order valence-corrected chi connectivity index (χ1v) is 5.14. The molecule has 5 heteroatoms. The highest BCUT2D eigenvalue weighted by Crippen LogP contribution is 2.34. The molecule has 1 rings (SSSR count). The van der Waals surface area contributed by atoms with Gasteiger partial charge in [-0.25, -0.2) is 0 Å². The molecule has 0 N–H and O–H groups in total. The van der Waals surface area contributed by atoms with Crippen LogP contribution >= 0.6 is 15.9 Å². The monoisotopic (exact) mass is 289 g/mol. The van der Waals surface area contributed by atoms with Crippen LogP contribution in [0.4, 0.5) is 13.2 Å². The Kier molecular flexibility index (Phi) is 4.13. The van der Waals surface area contributed by atoms with E-state index in [0.29, 0.717) is 4.47 Å². The van der Waals surface area contributed by atoms with Crippen molar-refractivity contribution in [3.8, 4) is 6.07 Å². The molecule has 0 fully saturated rings. The summed E-state index contributed by atoms with van der Waals surface area (Å²) in [6, 6.07) is 5.74. The lowest BCUT2D eigenvalue weighted by Crippen LogP contribution is -2.07. The molecule has 0 aliphatic rings. The lowest BCUT2D eigenvalue weighted by Gasteiger charge is -2.10. The molecule has 0 spiro atoms. The molecule has 1 nitrogen and oxygen atoms in total. The molecule has 0 aliphatic carbocycles. The minimum absolute atomic E-state index is 0.0611. The number of hydrogen-bond donors (Lipinski definition) is 0. The van der Waals surface area contributed by atoms with Gasteiger partial charge in [-0.2, -0.15) is 18.4 Å². The van der Waals surface area contributed by atoms with E-state index in [9.17, 15) is 13.2 Å². The molecular formula is C11H7BrF3N. The molecule has 1 aromatic rings. The number of nitriles is 1. The van der Waals surface area contributed by atoms with Crippen molar-refractivity contribution >= 4 is 22.0 Å². The van der Waals surface area contributed by atoms with Crippen molar-refractivity contribution in [2.24, 2.45) is 0 Å². The Morgan fingerprint density at radius 3 is 2.62 bits per heavy atom. The van der Waals surface area contributed by atoms with Gasteiger partial charge in [0, 0.05) is 4.47 Å². The minimum Gasteiger partial charge on any atom is -0.198 e. The Morgan fingerprint density at radius 1 is 1.38 bits per heavy atom.